The first-order chi connectivity index (χ1) is 12.8. The number of carbonyl (C=O) groups excluding carboxylic acids is 3. The lowest BCUT2D eigenvalue weighted by Gasteiger charge is -2.34. The van der Waals surface area contributed by atoms with E-state index in [1.165, 1.54) is 21.1 Å². The Morgan fingerprint density at radius 2 is 1.59 bits per heavy atom. The molecule has 0 saturated carbocycles. The van der Waals surface area contributed by atoms with Crippen molar-refractivity contribution in [2.24, 2.45) is 5.92 Å². The Morgan fingerprint density at radius 3 is 2.07 bits per heavy atom. The van der Waals surface area contributed by atoms with E-state index in [4.69, 9.17) is 9.47 Å². The van der Waals surface area contributed by atoms with E-state index < -0.39 is 18.0 Å². The minimum absolute atomic E-state index is 0.0387. The molecule has 6 heteroatoms. The summed E-state index contributed by atoms with van der Waals surface area (Å²) in [6, 6.07) is 8.77. The number of rotatable bonds is 5. The molecule has 1 aliphatic carbocycles. The van der Waals surface area contributed by atoms with Crippen molar-refractivity contribution in [1.82, 2.24) is 5.32 Å². The highest BCUT2D eigenvalue weighted by molar-refractivity contribution is 6.05. The molecular formula is C21H25NO5. The summed E-state index contributed by atoms with van der Waals surface area (Å²) in [7, 11) is 2.51. The molecule has 2 rings (SSSR count). The van der Waals surface area contributed by atoms with Crippen LogP contribution in [0.5, 0.6) is 0 Å². The van der Waals surface area contributed by atoms with Gasteiger partial charge in [-0.3, -0.25) is 4.79 Å². The molecule has 2 atom stereocenters. The largest absolute Gasteiger partial charge is 0.466 e. The smallest absolute Gasteiger partial charge is 0.338 e. The molecule has 0 spiro atoms. The van der Waals surface area contributed by atoms with Gasteiger partial charge in [0.15, 0.2) is 0 Å². The Morgan fingerprint density at radius 1 is 1.00 bits per heavy atom. The van der Waals surface area contributed by atoms with Crippen molar-refractivity contribution in [1.29, 1.82) is 0 Å². The normalized spacial score (nSPS) is 19.4. The third kappa shape index (κ3) is 4.27. The van der Waals surface area contributed by atoms with E-state index >= 15 is 0 Å². The van der Waals surface area contributed by atoms with Crippen LogP contribution in [0.3, 0.4) is 0 Å². The second-order valence-corrected chi connectivity index (χ2v) is 6.66. The average molecular weight is 371 g/mol. The van der Waals surface area contributed by atoms with Gasteiger partial charge in [-0.25, -0.2) is 9.59 Å². The van der Waals surface area contributed by atoms with E-state index in [0.717, 1.165) is 5.56 Å². The summed E-state index contributed by atoms with van der Waals surface area (Å²) in [6.45, 7) is 5.24. The van der Waals surface area contributed by atoms with Crippen LogP contribution in [0, 0.1) is 5.92 Å². The van der Waals surface area contributed by atoms with Crippen molar-refractivity contribution in [3.05, 3.63) is 58.7 Å². The SMILES string of the molecule is COC(=O)C1=C(C(=O)OC)[C@H](NC(C)=O)[C@@H](c2ccccc2)C=C1C(C)C. The maximum atomic E-state index is 12.7. The average Bonchev–Trinajstić information content (AvgIpc) is 2.66. The van der Waals surface area contributed by atoms with Gasteiger partial charge >= 0.3 is 11.9 Å². The highest BCUT2D eigenvalue weighted by Gasteiger charge is 2.40. The highest BCUT2D eigenvalue weighted by atomic mass is 16.5. The van der Waals surface area contributed by atoms with Crippen LogP contribution in [0.15, 0.2) is 53.1 Å². The minimum atomic E-state index is -0.742. The molecule has 1 N–H and O–H groups in total. The summed E-state index contributed by atoms with van der Waals surface area (Å²) in [5, 5.41) is 2.81. The van der Waals surface area contributed by atoms with Crippen molar-refractivity contribution in [2.45, 2.75) is 32.7 Å². The molecule has 0 fully saturated rings. The molecule has 27 heavy (non-hydrogen) atoms. The van der Waals surface area contributed by atoms with E-state index in [2.05, 4.69) is 5.32 Å². The zero-order chi connectivity index (χ0) is 20.1. The van der Waals surface area contributed by atoms with Crippen LogP contribution >= 0.6 is 0 Å². The van der Waals surface area contributed by atoms with Crippen LogP contribution in [0.1, 0.15) is 32.3 Å². The summed E-state index contributed by atoms with van der Waals surface area (Å²) in [5.74, 6) is -1.97. The number of methoxy groups -OCH3 is 2. The van der Waals surface area contributed by atoms with Crippen molar-refractivity contribution >= 4 is 17.8 Å². The lowest BCUT2D eigenvalue weighted by atomic mass is 9.74. The molecule has 0 aromatic heterocycles. The molecule has 1 amide bonds. The summed E-state index contributed by atoms with van der Waals surface area (Å²) in [4.78, 5) is 37.1. The quantitative estimate of drug-likeness (QED) is 0.805. The third-order valence-electron chi connectivity index (χ3n) is 4.55. The molecule has 0 bridgehead atoms. The van der Waals surface area contributed by atoms with Crippen LogP contribution in [-0.4, -0.2) is 38.1 Å². The molecule has 144 valence electrons. The van der Waals surface area contributed by atoms with Gasteiger partial charge < -0.3 is 14.8 Å². The Kier molecular flexibility index (Phi) is 6.55. The second-order valence-electron chi connectivity index (χ2n) is 6.66. The van der Waals surface area contributed by atoms with E-state index in [1.54, 1.807) is 0 Å². The maximum Gasteiger partial charge on any atom is 0.338 e. The number of amides is 1. The monoisotopic (exact) mass is 371 g/mol. The van der Waals surface area contributed by atoms with Crippen molar-refractivity contribution < 1.29 is 23.9 Å². The van der Waals surface area contributed by atoms with Crippen molar-refractivity contribution in [3.63, 3.8) is 0 Å². The summed E-state index contributed by atoms with van der Waals surface area (Å²) < 4.78 is 9.89. The summed E-state index contributed by atoms with van der Waals surface area (Å²) in [5.41, 5.74) is 1.88. The molecule has 1 aromatic rings. The van der Waals surface area contributed by atoms with Gasteiger partial charge in [0.2, 0.25) is 5.91 Å². The van der Waals surface area contributed by atoms with Gasteiger partial charge in [-0.05, 0) is 17.1 Å². The zero-order valence-electron chi connectivity index (χ0n) is 16.2. The van der Waals surface area contributed by atoms with Gasteiger partial charge in [0.25, 0.3) is 0 Å². The predicted molar refractivity (Wildman–Crippen MR) is 101 cm³/mol. The standard InChI is InChI=1S/C21H25NO5/c1-12(2)15-11-16(14-9-7-6-8-10-14)19(22-13(3)23)18(21(25)27-5)17(15)20(24)26-4/h6-12,16,19H,1-5H3,(H,22,23)/t16-,19-/m1/s1. The third-order valence-corrected chi connectivity index (χ3v) is 4.55. The number of hydrogen-bond donors (Lipinski definition) is 1. The Labute approximate surface area is 159 Å². The highest BCUT2D eigenvalue weighted by Crippen LogP contribution is 2.39. The van der Waals surface area contributed by atoms with E-state index in [0.29, 0.717) is 5.57 Å². The maximum absolute atomic E-state index is 12.7. The number of esters is 2. The van der Waals surface area contributed by atoms with E-state index in [9.17, 15) is 14.4 Å². The molecule has 0 heterocycles. The first kappa shape index (κ1) is 20.4. The van der Waals surface area contributed by atoms with Crippen molar-refractivity contribution in [2.75, 3.05) is 14.2 Å². The van der Waals surface area contributed by atoms with Crippen LogP contribution in [0.25, 0.3) is 0 Å². The lowest BCUT2D eigenvalue weighted by Crippen LogP contribution is -2.45. The summed E-state index contributed by atoms with van der Waals surface area (Å²) >= 11 is 0. The van der Waals surface area contributed by atoms with Gasteiger partial charge in [0.1, 0.15) is 0 Å². The fourth-order valence-corrected chi connectivity index (χ4v) is 3.36. The molecular weight excluding hydrogens is 346 g/mol. The molecule has 6 nitrogen and oxygen atoms in total. The van der Waals surface area contributed by atoms with Crippen LogP contribution in [0.4, 0.5) is 0 Å². The van der Waals surface area contributed by atoms with Crippen molar-refractivity contribution in [3.8, 4) is 0 Å². The Hall–Kier alpha value is -2.89. The molecule has 1 aromatic carbocycles. The fourth-order valence-electron chi connectivity index (χ4n) is 3.36. The number of nitrogens with one attached hydrogen (secondary N) is 1. The van der Waals surface area contributed by atoms with Gasteiger partial charge in [-0.2, -0.15) is 0 Å². The number of benzene rings is 1. The first-order valence-corrected chi connectivity index (χ1v) is 8.76. The molecule has 0 radical (unpaired) electrons. The second kappa shape index (κ2) is 8.66. The van der Waals surface area contributed by atoms with Gasteiger partial charge in [-0.15, -0.1) is 0 Å². The molecule has 0 unspecified atom stereocenters. The fraction of sp³-hybridized carbons (Fsp3) is 0.381. The number of ether oxygens (including phenoxy) is 2. The number of hydrogen-bond acceptors (Lipinski definition) is 5. The minimum Gasteiger partial charge on any atom is -0.466 e. The predicted octanol–water partition coefficient (Wildman–Crippen LogP) is 2.51. The Bertz CT molecular complexity index is 792. The molecule has 0 aliphatic heterocycles. The zero-order valence-corrected chi connectivity index (χ0v) is 16.2. The van der Waals surface area contributed by atoms with Crippen LogP contribution < -0.4 is 5.32 Å². The van der Waals surface area contributed by atoms with Gasteiger partial charge in [0, 0.05) is 12.8 Å². The Balaban J connectivity index is 2.78. The molecule has 0 saturated heterocycles. The van der Waals surface area contributed by atoms with E-state index in [1.807, 2.05) is 50.3 Å². The first-order valence-electron chi connectivity index (χ1n) is 8.76. The lowest BCUT2D eigenvalue weighted by molar-refractivity contribution is -0.139. The van der Waals surface area contributed by atoms with E-state index in [-0.39, 0.29) is 28.9 Å². The topological polar surface area (TPSA) is 81.7 Å². The number of carbonyl (C=O) groups is 3. The molecule has 1 aliphatic rings. The van der Waals surface area contributed by atoms with Gasteiger partial charge in [0.05, 0.1) is 31.4 Å². The van der Waals surface area contributed by atoms with Crippen LogP contribution in [0.2, 0.25) is 0 Å². The summed E-state index contributed by atoms with van der Waals surface area (Å²) in [6.07, 6.45) is 1.93. The van der Waals surface area contributed by atoms with Gasteiger partial charge in [-0.1, -0.05) is 50.3 Å². The van der Waals surface area contributed by atoms with Crippen LogP contribution in [-0.2, 0) is 23.9 Å².